The van der Waals surface area contributed by atoms with Crippen molar-refractivity contribution in [3.63, 3.8) is 0 Å². The second kappa shape index (κ2) is 69.5. The zero-order chi connectivity index (χ0) is 70.7. The third-order valence-electron chi connectivity index (χ3n) is 22.0. The van der Waals surface area contributed by atoms with Crippen LogP contribution in [0.2, 0.25) is 9.79 Å². The summed E-state index contributed by atoms with van der Waals surface area (Å²) in [6.07, 6.45) is 95.7. The van der Waals surface area contributed by atoms with Gasteiger partial charge in [0.1, 0.15) is 0 Å². The van der Waals surface area contributed by atoms with Crippen LogP contribution in [0.4, 0.5) is 0 Å². The molecule has 0 radical (unpaired) electrons. The summed E-state index contributed by atoms with van der Waals surface area (Å²) < 4.78 is 1.66. The minimum atomic E-state index is 1.01. The minimum Gasteiger partial charge on any atom is -0.493 e. The van der Waals surface area contributed by atoms with Crippen LogP contribution in [0.25, 0.3) is 16.9 Å². The van der Waals surface area contributed by atoms with Crippen molar-refractivity contribution in [3.05, 3.63) is 86.0 Å². The molecule has 2 aromatic carbocycles. The van der Waals surface area contributed by atoms with E-state index in [4.69, 9.17) is 0 Å². The fourth-order valence-electron chi connectivity index (χ4n) is 15.5. The van der Waals surface area contributed by atoms with Crippen LogP contribution in [0.3, 0.4) is 0 Å². The monoisotopic (exact) mass is 1450 g/mol. The number of aryl methyl sites for hydroxylation is 4. The molecule has 0 unspecified atom stereocenters. The Kier molecular flexibility index (Phi) is 65.5. The SMILES string of the molecule is CCCCCCCCCCCCCCCCCC[CH2][Pd][CH2]CCCCCCCCCCCCCCCCCC.CCCCCCc1cc(C2=CC(CCCCC)=C(c3cc(CCCCCC)c(CCCCCC)c(CCCCCC)c3)[N+]2=[N-])cc(CCCCCC)c1CCCCCC. The fourth-order valence-corrected chi connectivity index (χ4v) is 17.4. The third kappa shape index (κ3) is 47.5. The van der Waals surface area contributed by atoms with Crippen LogP contribution in [0, 0.1) is 0 Å². The Labute approximate surface area is 624 Å². The molecule has 0 bridgehead atoms. The van der Waals surface area contributed by atoms with E-state index in [-0.39, 0.29) is 0 Å². The molecular formula is C95H172N2Pd. The Morgan fingerprint density at radius 2 is 0.439 bits per heavy atom. The van der Waals surface area contributed by atoms with E-state index in [9.17, 15) is 5.53 Å². The van der Waals surface area contributed by atoms with E-state index >= 15 is 0 Å². The molecule has 0 saturated carbocycles. The van der Waals surface area contributed by atoms with Gasteiger partial charge >= 0.3 is 169 Å². The van der Waals surface area contributed by atoms with Crippen molar-refractivity contribution < 1.29 is 22.7 Å². The average Bonchev–Trinajstić information content (AvgIpc) is 1.58. The van der Waals surface area contributed by atoms with E-state index in [1.165, 1.54) is 415 Å². The van der Waals surface area contributed by atoms with E-state index in [2.05, 4.69) is 92.7 Å². The molecule has 0 N–H and O–H groups in total. The number of unbranched alkanes of at least 4 members (excludes halogenated alkanes) is 52. The minimum absolute atomic E-state index is 1.01. The van der Waals surface area contributed by atoms with Gasteiger partial charge in [-0.05, 0) is 148 Å². The Morgan fingerprint density at radius 3 is 0.704 bits per heavy atom. The first-order valence-electron chi connectivity index (χ1n) is 45.1. The zero-order valence-corrected chi connectivity index (χ0v) is 69.6. The summed E-state index contributed by atoms with van der Waals surface area (Å²) >= 11 is 1.06. The van der Waals surface area contributed by atoms with Crippen molar-refractivity contribution in [2.45, 2.75) is 509 Å². The smallest absolute Gasteiger partial charge is 0.493 e. The van der Waals surface area contributed by atoms with Gasteiger partial charge in [0, 0.05) is 22.8 Å². The summed E-state index contributed by atoms with van der Waals surface area (Å²) in [6, 6.07) is 10.1. The van der Waals surface area contributed by atoms with Gasteiger partial charge in [-0.15, -0.1) is 0 Å². The molecule has 3 heteroatoms. The molecule has 0 atom stereocenters. The maximum atomic E-state index is 12.7. The molecule has 2 aromatic rings. The number of benzene rings is 2. The molecule has 1 heterocycles. The maximum absolute atomic E-state index is 12.7. The van der Waals surface area contributed by atoms with Gasteiger partial charge in [-0.25, -0.2) is 4.70 Å². The van der Waals surface area contributed by atoms with Gasteiger partial charge in [-0.2, -0.15) is 0 Å². The van der Waals surface area contributed by atoms with E-state index < -0.39 is 0 Å². The van der Waals surface area contributed by atoms with Crippen molar-refractivity contribution in [3.8, 4) is 0 Å². The van der Waals surface area contributed by atoms with Crippen molar-refractivity contribution in [2.75, 3.05) is 0 Å². The number of allylic oxidation sites excluding steroid dienone is 2. The van der Waals surface area contributed by atoms with Crippen molar-refractivity contribution in [1.82, 2.24) is 0 Å². The standard InChI is InChI=1S/C57H94N2.2C19H39.Pd/c1-8-15-22-29-35-47-42-52(43-48(36-30-23-16-9-2)54(47)40-33-26-19-12-5)56-46-51(39-28-21-14-7)57(59(56)58)53-44-49(37-31-24-17-10-3)55(41-34-27-20-13-6)50(45-53)38-32-25-18-11-4;2*1-3-5-7-9-11-13-15-17-19-18-16-14-12-10-8-6-4-2;/h42-46H,8-41H2,1-7H3;2*1,3-19H2,2H3;. The van der Waals surface area contributed by atoms with Crippen LogP contribution in [0.15, 0.2) is 35.9 Å². The van der Waals surface area contributed by atoms with E-state index in [0.29, 0.717) is 0 Å². The molecule has 0 aliphatic carbocycles. The predicted octanol–water partition coefficient (Wildman–Crippen LogP) is 34.0. The van der Waals surface area contributed by atoms with Crippen molar-refractivity contribution in [1.29, 1.82) is 0 Å². The van der Waals surface area contributed by atoms with Crippen LogP contribution >= 0.6 is 0 Å². The van der Waals surface area contributed by atoms with E-state index in [1.54, 1.807) is 47.9 Å². The Hall–Kier alpha value is -1.82. The number of rotatable bonds is 72. The Morgan fingerprint density at radius 1 is 0.235 bits per heavy atom. The van der Waals surface area contributed by atoms with Crippen LogP contribution in [-0.2, 0) is 56.5 Å². The van der Waals surface area contributed by atoms with Gasteiger partial charge in [0.15, 0.2) is 0 Å². The molecule has 1 aliphatic rings. The molecule has 0 amide bonds. The molecule has 0 spiro atoms. The first-order valence-corrected chi connectivity index (χ1v) is 47.3. The van der Waals surface area contributed by atoms with Gasteiger partial charge < -0.3 is 5.53 Å². The molecule has 98 heavy (non-hydrogen) atoms. The van der Waals surface area contributed by atoms with Crippen molar-refractivity contribution >= 4 is 11.4 Å². The normalized spacial score (nSPS) is 12.5. The second-order valence-electron chi connectivity index (χ2n) is 31.4. The molecular weight excluding hydrogens is 1280 g/mol. The number of hydrogen-bond donors (Lipinski definition) is 0. The first kappa shape index (κ1) is 92.3. The topological polar surface area (TPSA) is 25.3 Å². The summed E-state index contributed by atoms with van der Waals surface area (Å²) in [7, 11) is 0. The molecule has 2 nitrogen and oxygen atoms in total. The molecule has 3 rings (SSSR count). The number of hydrogen-bond acceptors (Lipinski definition) is 0. The summed E-state index contributed by atoms with van der Waals surface area (Å²) in [5, 5.41) is 0. The molecule has 1 aliphatic heterocycles. The Balaban J connectivity index is 0.000000729. The van der Waals surface area contributed by atoms with Crippen LogP contribution in [-0.4, -0.2) is 4.70 Å². The summed E-state index contributed by atoms with van der Waals surface area (Å²) in [5.74, 6) is 0. The fraction of sp³-hybridized carbons (Fsp3) is 0.832. The van der Waals surface area contributed by atoms with Crippen LogP contribution in [0.1, 0.15) is 505 Å². The Bertz CT molecular complexity index is 2060. The summed E-state index contributed by atoms with van der Waals surface area (Å²) in [4.78, 5) is 3.09. The third-order valence-corrected chi connectivity index (χ3v) is 24.2. The average molecular weight is 1450 g/mol. The zero-order valence-electron chi connectivity index (χ0n) is 68.1. The van der Waals surface area contributed by atoms with Crippen molar-refractivity contribution in [2.24, 2.45) is 0 Å². The van der Waals surface area contributed by atoms with Crippen LogP contribution in [0.5, 0.6) is 0 Å². The number of nitrogens with zero attached hydrogens (tertiary/aromatic N) is 2. The summed E-state index contributed by atoms with van der Waals surface area (Å²) in [5.41, 5.74) is 28.1. The molecule has 0 aromatic heterocycles. The molecule has 0 fully saturated rings. The van der Waals surface area contributed by atoms with Gasteiger partial charge in [-0.3, -0.25) is 0 Å². The van der Waals surface area contributed by atoms with Gasteiger partial charge in [0.2, 0.25) is 11.4 Å². The van der Waals surface area contributed by atoms with E-state index in [0.717, 1.165) is 67.9 Å². The quantitative estimate of drug-likeness (QED) is 0.0358. The van der Waals surface area contributed by atoms with E-state index in [1.807, 2.05) is 0 Å². The van der Waals surface area contributed by atoms with Gasteiger partial charge in [-0.1, -0.05) is 268 Å². The second-order valence-corrected chi connectivity index (χ2v) is 33.7. The summed E-state index contributed by atoms with van der Waals surface area (Å²) in [6.45, 7) is 20.9. The predicted molar refractivity (Wildman–Crippen MR) is 441 cm³/mol. The van der Waals surface area contributed by atoms with Crippen LogP contribution < -0.4 is 0 Å². The molecule has 572 valence electrons. The first-order chi connectivity index (χ1) is 48.4. The van der Waals surface area contributed by atoms with Gasteiger partial charge in [0.25, 0.3) is 0 Å². The van der Waals surface area contributed by atoms with Gasteiger partial charge in [0.05, 0.1) is 0 Å². The molecule has 0 saturated heterocycles.